The third-order valence-corrected chi connectivity index (χ3v) is 4.11. The zero-order valence-corrected chi connectivity index (χ0v) is 12.7. The highest BCUT2D eigenvalue weighted by atomic mass is 32.2. The number of benzene rings is 2. The molecule has 21 heavy (non-hydrogen) atoms. The number of hydrazone groups is 1. The maximum absolute atomic E-state index is 11.9. The zero-order chi connectivity index (χ0) is 14.9. The molecule has 0 radical (unpaired) electrons. The molecule has 0 saturated carbocycles. The fourth-order valence-electron chi connectivity index (χ4n) is 1.67. The molecule has 0 unspecified atom stereocenters. The number of carbonyl (C=O) groups is 1. The Hall–Kier alpha value is -2.07. The first-order chi connectivity index (χ1) is 10.3. The summed E-state index contributed by atoms with van der Waals surface area (Å²) in [7, 11) is 0. The fourth-order valence-corrected chi connectivity index (χ4v) is 2.51. The van der Waals surface area contributed by atoms with E-state index in [0.717, 1.165) is 11.3 Å². The van der Waals surface area contributed by atoms with Gasteiger partial charge < -0.3 is 0 Å². The van der Waals surface area contributed by atoms with Gasteiger partial charge in [0.15, 0.2) is 0 Å². The molecule has 0 aliphatic heterocycles. The lowest BCUT2D eigenvalue weighted by Gasteiger charge is -2.09. The van der Waals surface area contributed by atoms with Gasteiger partial charge in [-0.05, 0) is 18.1 Å². The van der Waals surface area contributed by atoms with Crippen LogP contribution < -0.4 is 5.43 Å². The van der Waals surface area contributed by atoms with Gasteiger partial charge in [0, 0.05) is 5.75 Å². The molecule has 2 aromatic rings. The highest BCUT2D eigenvalue weighted by Crippen LogP contribution is 2.17. The van der Waals surface area contributed by atoms with E-state index in [1.54, 1.807) is 18.0 Å². The van der Waals surface area contributed by atoms with Gasteiger partial charge in [-0.1, -0.05) is 60.7 Å². The molecular weight excluding hydrogens is 280 g/mol. The summed E-state index contributed by atoms with van der Waals surface area (Å²) in [6.07, 6.45) is 1.65. The predicted molar refractivity (Wildman–Crippen MR) is 89.4 cm³/mol. The van der Waals surface area contributed by atoms with E-state index in [4.69, 9.17) is 0 Å². The quantitative estimate of drug-likeness (QED) is 0.655. The fraction of sp³-hybridized carbons (Fsp3) is 0.176. The van der Waals surface area contributed by atoms with Crippen LogP contribution in [0.2, 0.25) is 0 Å². The SMILES string of the molecule is C[C@H](SCc1ccccc1)C(=O)N/N=C\c1ccccc1. The number of nitrogens with zero attached hydrogens (tertiary/aromatic N) is 1. The van der Waals surface area contributed by atoms with Gasteiger partial charge >= 0.3 is 0 Å². The van der Waals surface area contributed by atoms with E-state index in [1.165, 1.54) is 5.56 Å². The van der Waals surface area contributed by atoms with Gasteiger partial charge in [0.2, 0.25) is 0 Å². The number of hydrogen-bond acceptors (Lipinski definition) is 3. The lowest BCUT2D eigenvalue weighted by Crippen LogP contribution is -2.26. The summed E-state index contributed by atoms with van der Waals surface area (Å²) >= 11 is 1.60. The molecule has 0 heterocycles. The van der Waals surface area contributed by atoms with Crippen LogP contribution in [0.4, 0.5) is 0 Å². The third kappa shape index (κ3) is 5.44. The Morgan fingerprint density at radius 1 is 1.14 bits per heavy atom. The first-order valence-corrected chi connectivity index (χ1v) is 7.84. The minimum absolute atomic E-state index is 0.0805. The van der Waals surface area contributed by atoms with Gasteiger partial charge in [0.25, 0.3) is 5.91 Å². The van der Waals surface area contributed by atoms with Crippen molar-refractivity contribution in [2.75, 3.05) is 0 Å². The topological polar surface area (TPSA) is 41.5 Å². The summed E-state index contributed by atoms with van der Waals surface area (Å²) in [6, 6.07) is 19.8. The molecular formula is C17H18N2OS. The van der Waals surface area contributed by atoms with E-state index in [0.29, 0.717) is 0 Å². The van der Waals surface area contributed by atoms with Gasteiger partial charge in [-0.25, -0.2) is 5.43 Å². The Bertz CT molecular complexity index is 584. The monoisotopic (exact) mass is 298 g/mol. The van der Waals surface area contributed by atoms with Crippen LogP contribution in [0.15, 0.2) is 65.8 Å². The van der Waals surface area contributed by atoms with Crippen LogP contribution in [0.25, 0.3) is 0 Å². The largest absolute Gasteiger partial charge is 0.272 e. The highest BCUT2D eigenvalue weighted by Gasteiger charge is 2.12. The Morgan fingerprint density at radius 3 is 2.43 bits per heavy atom. The number of hydrogen-bond donors (Lipinski definition) is 1. The molecule has 0 bridgehead atoms. The zero-order valence-electron chi connectivity index (χ0n) is 11.9. The van der Waals surface area contributed by atoms with Crippen molar-refractivity contribution in [3.8, 4) is 0 Å². The van der Waals surface area contributed by atoms with E-state index in [-0.39, 0.29) is 11.2 Å². The van der Waals surface area contributed by atoms with Crippen LogP contribution in [0, 0.1) is 0 Å². The first kappa shape index (κ1) is 15.3. The molecule has 1 atom stereocenters. The Balaban J connectivity index is 1.76. The van der Waals surface area contributed by atoms with Crippen LogP contribution in [0.1, 0.15) is 18.1 Å². The van der Waals surface area contributed by atoms with E-state index >= 15 is 0 Å². The summed E-state index contributed by atoms with van der Waals surface area (Å²) < 4.78 is 0. The molecule has 0 aliphatic carbocycles. The van der Waals surface area contributed by atoms with Crippen molar-refractivity contribution < 1.29 is 4.79 Å². The summed E-state index contributed by atoms with van der Waals surface area (Å²) in [5.41, 5.74) is 4.75. The molecule has 0 saturated heterocycles. The summed E-state index contributed by atoms with van der Waals surface area (Å²) in [5.74, 6) is 0.737. The van der Waals surface area contributed by atoms with Crippen molar-refractivity contribution in [2.24, 2.45) is 5.10 Å². The summed E-state index contributed by atoms with van der Waals surface area (Å²) in [5, 5.41) is 3.84. The van der Waals surface area contributed by atoms with Crippen LogP contribution in [-0.4, -0.2) is 17.4 Å². The molecule has 0 fully saturated rings. The van der Waals surface area contributed by atoms with Crippen LogP contribution in [0.3, 0.4) is 0 Å². The van der Waals surface area contributed by atoms with Gasteiger partial charge in [0.1, 0.15) is 0 Å². The predicted octanol–water partition coefficient (Wildman–Crippen LogP) is 3.46. The number of rotatable bonds is 6. The molecule has 2 aromatic carbocycles. The minimum Gasteiger partial charge on any atom is -0.272 e. The normalized spacial score (nSPS) is 12.2. The van der Waals surface area contributed by atoms with Crippen molar-refractivity contribution in [3.63, 3.8) is 0 Å². The lowest BCUT2D eigenvalue weighted by atomic mass is 10.2. The van der Waals surface area contributed by atoms with Crippen LogP contribution >= 0.6 is 11.8 Å². The van der Waals surface area contributed by atoms with Crippen LogP contribution in [-0.2, 0) is 10.5 Å². The summed E-state index contributed by atoms with van der Waals surface area (Å²) in [6.45, 7) is 1.89. The van der Waals surface area contributed by atoms with Gasteiger partial charge in [-0.3, -0.25) is 4.79 Å². The molecule has 1 N–H and O–H groups in total. The maximum atomic E-state index is 11.9. The smallest absolute Gasteiger partial charge is 0.252 e. The van der Waals surface area contributed by atoms with Crippen molar-refractivity contribution in [1.82, 2.24) is 5.43 Å². The Kier molecular flexibility index (Phi) is 6.03. The van der Waals surface area contributed by atoms with Crippen molar-refractivity contribution in [1.29, 1.82) is 0 Å². The molecule has 0 aliphatic rings. The Labute approximate surface area is 129 Å². The molecule has 3 nitrogen and oxygen atoms in total. The maximum Gasteiger partial charge on any atom is 0.252 e. The number of amides is 1. The molecule has 0 aromatic heterocycles. The van der Waals surface area contributed by atoms with Crippen molar-refractivity contribution in [3.05, 3.63) is 71.8 Å². The van der Waals surface area contributed by atoms with Gasteiger partial charge in [-0.15, -0.1) is 11.8 Å². The van der Waals surface area contributed by atoms with E-state index in [1.807, 2.05) is 55.5 Å². The van der Waals surface area contributed by atoms with E-state index < -0.39 is 0 Å². The summed E-state index contributed by atoms with van der Waals surface area (Å²) in [4.78, 5) is 11.9. The van der Waals surface area contributed by atoms with E-state index in [9.17, 15) is 4.79 Å². The molecule has 108 valence electrons. The van der Waals surface area contributed by atoms with Crippen LogP contribution in [0.5, 0.6) is 0 Å². The number of thioether (sulfide) groups is 1. The van der Waals surface area contributed by atoms with Gasteiger partial charge in [-0.2, -0.15) is 5.10 Å². The standard InChI is InChI=1S/C17H18N2OS/c1-14(21-13-16-10-6-3-7-11-16)17(20)19-18-12-15-8-4-2-5-9-15/h2-12,14H,13H2,1H3,(H,19,20)/b18-12-/t14-/m0/s1. The number of nitrogens with one attached hydrogen (secondary N) is 1. The second-order valence-corrected chi connectivity index (χ2v) is 5.91. The van der Waals surface area contributed by atoms with Crippen molar-refractivity contribution >= 4 is 23.9 Å². The Morgan fingerprint density at radius 2 is 1.76 bits per heavy atom. The first-order valence-electron chi connectivity index (χ1n) is 6.79. The average Bonchev–Trinajstić information content (AvgIpc) is 2.54. The second-order valence-electron chi connectivity index (χ2n) is 4.58. The molecule has 1 amide bonds. The highest BCUT2D eigenvalue weighted by molar-refractivity contribution is 7.99. The second kappa shape index (κ2) is 8.27. The lowest BCUT2D eigenvalue weighted by molar-refractivity contribution is -0.120. The molecule has 2 rings (SSSR count). The molecule has 0 spiro atoms. The van der Waals surface area contributed by atoms with Gasteiger partial charge in [0.05, 0.1) is 11.5 Å². The van der Waals surface area contributed by atoms with Crippen molar-refractivity contribution in [2.45, 2.75) is 17.9 Å². The number of carbonyl (C=O) groups excluding carboxylic acids is 1. The average molecular weight is 298 g/mol. The van der Waals surface area contributed by atoms with E-state index in [2.05, 4.69) is 22.7 Å². The molecule has 4 heteroatoms. The minimum atomic E-state index is -0.141. The third-order valence-electron chi connectivity index (χ3n) is 2.90.